The largest absolute Gasteiger partial charge is 0.370 e. The lowest BCUT2D eigenvalue weighted by molar-refractivity contribution is 0.105. The average Bonchev–Trinajstić information content (AvgIpc) is 2.72. The van der Waals surface area contributed by atoms with Gasteiger partial charge in [0.05, 0.1) is 0 Å². The summed E-state index contributed by atoms with van der Waals surface area (Å²) in [6, 6.07) is 0. The first-order valence-corrected chi connectivity index (χ1v) is 4.97. The van der Waals surface area contributed by atoms with Gasteiger partial charge in [-0.15, -0.1) is 0 Å². The fourth-order valence-corrected chi connectivity index (χ4v) is 1.61. The zero-order valence-corrected chi connectivity index (χ0v) is 8.36. The van der Waals surface area contributed by atoms with Crippen LogP contribution in [-0.2, 0) is 11.3 Å². The van der Waals surface area contributed by atoms with Crippen LogP contribution < -0.4 is 5.32 Å². The lowest BCUT2D eigenvalue weighted by Crippen LogP contribution is -2.08. The number of nitrogens with zero attached hydrogens (tertiary/aromatic N) is 2. The van der Waals surface area contributed by atoms with E-state index in [0.717, 1.165) is 37.4 Å². The molecule has 0 spiro atoms. The van der Waals surface area contributed by atoms with Gasteiger partial charge < -0.3 is 10.1 Å². The number of nitrogens with one attached hydrogen (secondary N) is 1. The van der Waals surface area contributed by atoms with Crippen molar-refractivity contribution in [3.63, 3.8) is 0 Å². The van der Waals surface area contributed by atoms with Crippen molar-refractivity contribution in [2.75, 3.05) is 13.7 Å². The maximum Gasteiger partial charge on any atom is 0.157 e. The van der Waals surface area contributed by atoms with Crippen LogP contribution in [0.4, 0.5) is 0 Å². The number of hydrogen-bond acceptors (Lipinski definition) is 4. The highest BCUT2D eigenvalue weighted by molar-refractivity contribution is 5.06. The van der Waals surface area contributed by atoms with E-state index in [1.54, 1.807) is 0 Å². The Hall–Kier alpha value is -1.00. The minimum absolute atomic E-state index is 0.124. The Labute approximate surface area is 83.7 Å². The maximum atomic E-state index is 5.50. The predicted molar refractivity (Wildman–Crippen MR) is 52.7 cm³/mol. The second-order valence-corrected chi connectivity index (χ2v) is 3.48. The van der Waals surface area contributed by atoms with Gasteiger partial charge in [-0.3, -0.25) is 0 Å². The van der Waals surface area contributed by atoms with E-state index in [2.05, 4.69) is 15.3 Å². The molecular formula is C10H15N3O. The van der Waals surface area contributed by atoms with Crippen LogP contribution in [0.5, 0.6) is 0 Å². The second-order valence-electron chi connectivity index (χ2n) is 3.48. The highest BCUT2D eigenvalue weighted by atomic mass is 16.5. The molecule has 1 fully saturated rings. The zero-order chi connectivity index (χ0) is 9.80. The quantitative estimate of drug-likeness (QED) is 0.779. The van der Waals surface area contributed by atoms with E-state index in [4.69, 9.17) is 4.74 Å². The van der Waals surface area contributed by atoms with E-state index in [1.165, 1.54) is 0 Å². The third-order valence-electron chi connectivity index (χ3n) is 2.32. The number of aromatic nitrogens is 2. The Kier molecular flexibility index (Phi) is 3.06. The normalized spacial score (nSPS) is 21.4. The van der Waals surface area contributed by atoms with Gasteiger partial charge in [-0.1, -0.05) is 0 Å². The van der Waals surface area contributed by atoms with Crippen molar-refractivity contribution in [1.29, 1.82) is 0 Å². The molecule has 0 amide bonds. The number of rotatable bonds is 3. The summed E-state index contributed by atoms with van der Waals surface area (Å²) >= 11 is 0. The summed E-state index contributed by atoms with van der Waals surface area (Å²) < 4.78 is 5.50. The Bertz CT molecular complexity index is 280. The topological polar surface area (TPSA) is 47.0 Å². The predicted octanol–water partition coefficient (Wildman–Crippen LogP) is 1.05. The van der Waals surface area contributed by atoms with Gasteiger partial charge in [0, 0.05) is 31.1 Å². The summed E-state index contributed by atoms with van der Waals surface area (Å²) in [4.78, 5) is 8.61. The molecule has 1 N–H and O–H groups in total. The van der Waals surface area contributed by atoms with Crippen molar-refractivity contribution in [2.45, 2.75) is 25.5 Å². The van der Waals surface area contributed by atoms with Gasteiger partial charge in [0.25, 0.3) is 0 Å². The molecule has 2 heterocycles. The highest BCUT2D eigenvalue weighted by Crippen LogP contribution is 2.25. The zero-order valence-electron chi connectivity index (χ0n) is 8.36. The van der Waals surface area contributed by atoms with Crippen molar-refractivity contribution in [3.05, 3.63) is 23.8 Å². The minimum atomic E-state index is 0.124. The van der Waals surface area contributed by atoms with Crippen LogP contribution in [0.3, 0.4) is 0 Å². The molecule has 0 bridgehead atoms. The Morgan fingerprint density at radius 1 is 1.50 bits per heavy atom. The lowest BCUT2D eigenvalue weighted by Gasteiger charge is -2.07. The number of ether oxygens (including phenoxy) is 1. The third kappa shape index (κ3) is 2.08. The number of hydrogen-bond donors (Lipinski definition) is 1. The smallest absolute Gasteiger partial charge is 0.157 e. The summed E-state index contributed by atoms with van der Waals surface area (Å²) in [6.45, 7) is 1.65. The monoisotopic (exact) mass is 193 g/mol. The van der Waals surface area contributed by atoms with Gasteiger partial charge in [-0.05, 0) is 19.9 Å². The van der Waals surface area contributed by atoms with Crippen LogP contribution in [-0.4, -0.2) is 23.6 Å². The van der Waals surface area contributed by atoms with E-state index in [-0.39, 0.29) is 6.10 Å². The molecular weight excluding hydrogens is 178 g/mol. The summed E-state index contributed by atoms with van der Waals surface area (Å²) in [7, 11) is 1.91. The van der Waals surface area contributed by atoms with Crippen molar-refractivity contribution in [3.8, 4) is 0 Å². The van der Waals surface area contributed by atoms with E-state index in [1.807, 2.05) is 19.4 Å². The first-order valence-electron chi connectivity index (χ1n) is 4.97. The van der Waals surface area contributed by atoms with E-state index in [9.17, 15) is 0 Å². The van der Waals surface area contributed by atoms with Crippen molar-refractivity contribution >= 4 is 0 Å². The van der Waals surface area contributed by atoms with Gasteiger partial charge in [-0.2, -0.15) is 0 Å². The molecule has 14 heavy (non-hydrogen) atoms. The Morgan fingerprint density at radius 2 is 2.29 bits per heavy atom. The van der Waals surface area contributed by atoms with Gasteiger partial charge in [0.1, 0.15) is 6.10 Å². The van der Waals surface area contributed by atoms with Crippen LogP contribution in [0.25, 0.3) is 0 Å². The summed E-state index contributed by atoms with van der Waals surface area (Å²) in [5, 5.41) is 3.06. The molecule has 0 saturated carbocycles. The third-order valence-corrected chi connectivity index (χ3v) is 2.32. The molecule has 0 aliphatic carbocycles. The molecule has 1 aromatic rings. The second kappa shape index (κ2) is 4.48. The van der Waals surface area contributed by atoms with E-state index >= 15 is 0 Å². The molecule has 1 aromatic heterocycles. The molecule has 4 nitrogen and oxygen atoms in total. The van der Waals surface area contributed by atoms with Gasteiger partial charge in [-0.25, -0.2) is 9.97 Å². The molecule has 0 aromatic carbocycles. The fourth-order valence-electron chi connectivity index (χ4n) is 1.61. The van der Waals surface area contributed by atoms with Gasteiger partial charge >= 0.3 is 0 Å². The van der Waals surface area contributed by atoms with Crippen molar-refractivity contribution < 1.29 is 4.74 Å². The average molecular weight is 193 g/mol. The SMILES string of the molecule is CNCc1cnc(C2CCCO2)nc1. The fraction of sp³-hybridized carbons (Fsp3) is 0.600. The van der Waals surface area contributed by atoms with Crippen molar-refractivity contribution in [2.24, 2.45) is 0 Å². The van der Waals surface area contributed by atoms with Crippen LogP contribution in [0, 0.1) is 0 Å². The Morgan fingerprint density at radius 3 is 2.86 bits per heavy atom. The molecule has 4 heteroatoms. The molecule has 1 atom stereocenters. The molecule has 1 aliphatic rings. The minimum Gasteiger partial charge on any atom is -0.370 e. The lowest BCUT2D eigenvalue weighted by atomic mass is 10.2. The van der Waals surface area contributed by atoms with Crippen LogP contribution in [0.1, 0.15) is 30.3 Å². The summed E-state index contributed by atoms with van der Waals surface area (Å²) in [5.41, 5.74) is 1.11. The molecule has 0 radical (unpaired) electrons. The maximum absolute atomic E-state index is 5.50. The summed E-state index contributed by atoms with van der Waals surface area (Å²) in [6.07, 6.45) is 6.01. The van der Waals surface area contributed by atoms with E-state index in [0.29, 0.717) is 0 Å². The standard InChI is InChI=1S/C10H15N3O/c1-11-5-8-6-12-10(13-7-8)9-3-2-4-14-9/h6-7,9,11H,2-5H2,1H3. The highest BCUT2D eigenvalue weighted by Gasteiger charge is 2.19. The molecule has 1 unspecified atom stereocenters. The molecule has 1 saturated heterocycles. The van der Waals surface area contributed by atoms with Crippen LogP contribution in [0.15, 0.2) is 12.4 Å². The van der Waals surface area contributed by atoms with E-state index < -0.39 is 0 Å². The first kappa shape index (κ1) is 9.55. The summed E-state index contributed by atoms with van der Waals surface area (Å²) in [5.74, 6) is 0.822. The van der Waals surface area contributed by atoms with Crippen molar-refractivity contribution in [1.82, 2.24) is 15.3 Å². The van der Waals surface area contributed by atoms with Crippen LogP contribution in [0.2, 0.25) is 0 Å². The van der Waals surface area contributed by atoms with Gasteiger partial charge in [0.2, 0.25) is 0 Å². The first-order chi connectivity index (χ1) is 6.90. The molecule has 1 aliphatic heterocycles. The van der Waals surface area contributed by atoms with Gasteiger partial charge in [0.15, 0.2) is 5.82 Å². The van der Waals surface area contributed by atoms with Crippen LogP contribution >= 0.6 is 0 Å². The Balaban J connectivity index is 2.05. The molecule has 2 rings (SSSR count). The molecule has 76 valence electrons.